The largest absolute Gasteiger partial charge is 0.495 e. The third kappa shape index (κ3) is 3.90. The minimum absolute atomic E-state index is 0.102. The number of oxazole rings is 1. The molecule has 1 aromatic heterocycles. The lowest BCUT2D eigenvalue weighted by molar-refractivity contribution is -0.114. The molecule has 4 rings (SSSR count). The van der Waals surface area contributed by atoms with Crippen LogP contribution in [0.2, 0.25) is 0 Å². The number of aromatic nitrogens is 1. The van der Waals surface area contributed by atoms with E-state index in [1.165, 1.54) is 30.5 Å². The number of para-hydroxylation sites is 2. The lowest BCUT2D eigenvalue weighted by Crippen LogP contribution is -2.39. The Labute approximate surface area is 174 Å². The molecule has 2 heterocycles. The van der Waals surface area contributed by atoms with Crippen LogP contribution in [0, 0.1) is 0 Å². The summed E-state index contributed by atoms with van der Waals surface area (Å²) in [4.78, 5) is 16.1. The Balaban J connectivity index is 1.61. The highest BCUT2D eigenvalue weighted by atomic mass is 32.2. The van der Waals surface area contributed by atoms with Gasteiger partial charge in [-0.15, -0.1) is 0 Å². The molecule has 1 aliphatic rings. The topological polar surface area (TPSA) is 102 Å². The summed E-state index contributed by atoms with van der Waals surface area (Å²) < 4.78 is 39.1. The van der Waals surface area contributed by atoms with Crippen molar-refractivity contribution in [1.29, 1.82) is 0 Å². The van der Waals surface area contributed by atoms with Crippen LogP contribution in [0.1, 0.15) is 31.6 Å². The van der Waals surface area contributed by atoms with Gasteiger partial charge in [0.1, 0.15) is 11.3 Å². The van der Waals surface area contributed by atoms with Crippen LogP contribution >= 0.6 is 0 Å². The molecule has 1 N–H and O–H groups in total. The molecule has 1 aliphatic heterocycles. The van der Waals surface area contributed by atoms with E-state index in [1.807, 2.05) is 24.3 Å². The van der Waals surface area contributed by atoms with E-state index in [4.69, 9.17) is 9.15 Å². The highest BCUT2D eigenvalue weighted by Crippen LogP contribution is 2.33. The molecule has 0 radical (unpaired) electrons. The number of hydrogen-bond donors (Lipinski definition) is 1. The predicted octanol–water partition coefficient (Wildman–Crippen LogP) is 3.36. The SMILES string of the molecule is COc1ccc(S(=O)(=O)N2CCCC(c3nc4ccccc4o3)C2)cc1NC(C)=O. The molecule has 0 spiro atoms. The number of methoxy groups -OCH3 is 1. The molecule has 1 atom stereocenters. The van der Waals surface area contributed by atoms with Crippen LogP contribution in [0.4, 0.5) is 5.69 Å². The quantitative estimate of drug-likeness (QED) is 0.667. The van der Waals surface area contributed by atoms with Crippen molar-refractivity contribution in [2.75, 3.05) is 25.5 Å². The fourth-order valence-corrected chi connectivity index (χ4v) is 5.26. The maximum absolute atomic E-state index is 13.3. The Morgan fingerprint density at radius 1 is 1.27 bits per heavy atom. The molecule has 8 nitrogen and oxygen atoms in total. The van der Waals surface area contributed by atoms with Crippen LogP contribution in [-0.4, -0.2) is 43.8 Å². The number of nitrogens with zero attached hydrogens (tertiary/aromatic N) is 2. The number of carbonyl (C=O) groups is 1. The minimum Gasteiger partial charge on any atom is -0.495 e. The average Bonchev–Trinajstić information content (AvgIpc) is 3.18. The number of fused-ring (bicyclic) bond motifs is 1. The number of anilines is 1. The van der Waals surface area contributed by atoms with Crippen molar-refractivity contribution in [3.63, 3.8) is 0 Å². The Morgan fingerprint density at radius 2 is 2.07 bits per heavy atom. The highest BCUT2D eigenvalue weighted by Gasteiger charge is 2.33. The zero-order chi connectivity index (χ0) is 21.3. The highest BCUT2D eigenvalue weighted by molar-refractivity contribution is 7.89. The van der Waals surface area contributed by atoms with Crippen molar-refractivity contribution < 1.29 is 22.4 Å². The van der Waals surface area contributed by atoms with Crippen molar-refractivity contribution in [2.24, 2.45) is 0 Å². The van der Waals surface area contributed by atoms with Crippen LogP contribution in [0.3, 0.4) is 0 Å². The van der Waals surface area contributed by atoms with Gasteiger partial charge in [-0.2, -0.15) is 4.31 Å². The van der Waals surface area contributed by atoms with E-state index in [-0.39, 0.29) is 23.3 Å². The lowest BCUT2D eigenvalue weighted by atomic mass is 10.00. The number of carbonyl (C=O) groups excluding carboxylic acids is 1. The third-order valence-electron chi connectivity index (χ3n) is 5.16. The Kier molecular flexibility index (Phi) is 5.48. The van der Waals surface area contributed by atoms with Crippen LogP contribution in [0.15, 0.2) is 51.8 Å². The van der Waals surface area contributed by atoms with Gasteiger partial charge in [0.25, 0.3) is 0 Å². The number of rotatable bonds is 5. The first kappa shape index (κ1) is 20.4. The monoisotopic (exact) mass is 429 g/mol. The third-order valence-corrected chi connectivity index (χ3v) is 7.02. The van der Waals surface area contributed by atoms with Crippen LogP contribution < -0.4 is 10.1 Å². The normalized spacial score (nSPS) is 17.7. The number of ether oxygens (including phenoxy) is 1. The van der Waals surface area contributed by atoms with Gasteiger partial charge in [-0.3, -0.25) is 4.79 Å². The summed E-state index contributed by atoms with van der Waals surface area (Å²) in [6.07, 6.45) is 1.51. The second kappa shape index (κ2) is 8.08. The summed E-state index contributed by atoms with van der Waals surface area (Å²) >= 11 is 0. The van der Waals surface area contributed by atoms with Crippen molar-refractivity contribution in [1.82, 2.24) is 9.29 Å². The van der Waals surface area contributed by atoms with E-state index in [0.29, 0.717) is 35.9 Å². The minimum atomic E-state index is -3.76. The predicted molar refractivity (Wildman–Crippen MR) is 112 cm³/mol. The van der Waals surface area contributed by atoms with E-state index in [9.17, 15) is 13.2 Å². The molecule has 30 heavy (non-hydrogen) atoms. The lowest BCUT2D eigenvalue weighted by Gasteiger charge is -2.30. The Morgan fingerprint density at radius 3 is 2.80 bits per heavy atom. The van der Waals surface area contributed by atoms with E-state index in [2.05, 4.69) is 10.3 Å². The van der Waals surface area contributed by atoms with E-state index >= 15 is 0 Å². The Hall–Kier alpha value is -2.91. The first-order valence-electron chi connectivity index (χ1n) is 9.70. The molecule has 1 amide bonds. The van der Waals surface area contributed by atoms with Crippen molar-refractivity contribution in [3.05, 3.63) is 48.4 Å². The number of benzene rings is 2. The second-order valence-electron chi connectivity index (χ2n) is 7.27. The number of piperidine rings is 1. The van der Waals surface area contributed by atoms with Gasteiger partial charge < -0.3 is 14.5 Å². The molecular formula is C21H23N3O5S. The maximum atomic E-state index is 13.3. The van der Waals surface area contributed by atoms with Crippen LogP contribution in [-0.2, 0) is 14.8 Å². The summed E-state index contributed by atoms with van der Waals surface area (Å²) in [5, 5.41) is 2.62. The molecule has 3 aromatic rings. The van der Waals surface area contributed by atoms with Gasteiger partial charge in [-0.05, 0) is 43.2 Å². The molecular weight excluding hydrogens is 406 g/mol. The van der Waals surface area contributed by atoms with Gasteiger partial charge in [-0.25, -0.2) is 13.4 Å². The summed E-state index contributed by atoms with van der Waals surface area (Å²) in [6.45, 7) is 2.06. The van der Waals surface area contributed by atoms with Crippen molar-refractivity contribution in [2.45, 2.75) is 30.6 Å². The fraction of sp³-hybridized carbons (Fsp3) is 0.333. The number of amides is 1. The summed E-state index contributed by atoms with van der Waals surface area (Å²) in [5.74, 6) is 0.530. The van der Waals surface area contributed by atoms with Crippen LogP contribution in [0.25, 0.3) is 11.1 Å². The van der Waals surface area contributed by atoms with E-state index < -0.39 is 10.0 Å². The molecule has 1 saturated heterocycles. The van der Waals surface area contributed by atoms with Crippen LogP contribution in [0.5, 0.6) is 5.75 Å². The second-order valence-corrected chi connectivity index (χ2v) is 9.20. The maximum Gasteiger partial charge on any atom is 0.243 e. The number of nitrogens with one attached hydrogen (secondary N) is 1. The van der Waals surface area contributed by atoms with Crippen molar-refractivity contribution in [3.8, 4) is 5.75 Å². The van der Waals surface area contributed by atoms with E-state index in [0.717, 1.165) is 11.9 Å². The number of sulfonamides is 1. The molecule has 158 valence electrons. The molecule has 0 saturated carbocycles. The summed E-state index contributed by atoms with van der Waals surface area (Å²) in [5.41, 5.74) is 1.78. The zero-order valence-electron chi connectivity index (χ0n) is 16.8. The van der Waals surface area contributed by atoms with E-state index in [1.54, 1.807) is 6.07 Å². The molecule has 0 aliphatic carbocycles. The standard InChI is InChI=1S/C21H23N3O5S/c1-14(25)22-18-12-16(9-10-19(18)28-2)30(26,27)24-11-5-6-15(13-24)21-23-17-7-3-4-8-20(17)29-21/h3-4,7-10,12,15H,5-6,11,13H2,1-2H3,(H,22,25). The summed E-state index contributed by atoms with van der Waals surface area (Å²) in [7, 11) is -2.30. The number of hydrogen-bond acceptors (Lipinski definition) is 6. The first-order chi connectivity index (χ1) is 14.4. The van der Waals surface area contributed by atoms with Gasteiger partial charge >= 0.3 is 0 Å². The molecule has 1 fully saturated rings. The fourth-order valence-electron chi connectivity index (χ4n) is 3.71. The molecule has 0 bridgehead atoms. The van der Waals surface area contributed by atoms with Gasteiger partial charge in [0.2, 0.25) is 15.9 Å². The summed E-state index contributed by atoms with van der Waals surface area (Å²) in [6, 6.07) is 12.0. The van der Waals surface area contributed by atoms with Crippen molar-refractivity contribution >= 4 is 32.7 Å². The average molecular weight is 429 g/mol. The zero-order valence-corrected chi connectivity index (χ0v) is 17.6. The molecule has 1 unspecified atom stereocenters. The van der Waals surface area contributed by atoms with Gasteiger partial charge in [0.05, 0.1) is 17.7 Å². The molecule has 2 aromatic carbocycles. The Bertz CT molecular complexity index is 1160. The molecule has 9 heteroatoms. The van der Waals surface area contributed by atoms with Gasteiger partial charge in [-0.1, -0.05) is 12.1 Å². The first-order valence-corrected chi connectivity index (χ1v) is 11.1. The smallest absolute Gasteiger partial charge is 0.243 e. The van der Waals surface area contributed by atoms with Gasteiger partial charge in [0, 0.05) is 25.9 Å². The van der Waals surface area contributed by atoms with Gasteiger partial charge in [0.15, 0.2) is 11.5 Å².